The fourth-order valence-corrected chi connectivity index (χ4v) is 8.20. The van der Waals surface area contributed by atoms with E-state index in [1.165, 1.54) is 39.9 Å². The number of pyridine rings is 1. The Hall–Kier alpha value is -6.72. The number of benzene rings is 7. The Morgan fingerprint density at radius 2 is 1.29 bits per heavy atom. The summed E-state index contributed by atoms with van der Waals surface area (Å²) in [6, 6.07) is 56.1. The molecular formula is C56H45FIrN2O2+. The Labute approximate surface area is 376 Å². The Morgan fingerprint density at radius 3 is 1.95 bits per heavy atom. The third kappa shape index (κ3) is 8.08. The van der Waals surface area contributed by atoms with Crippen LogP contribution in [0, 0.1) is 25.9 Å². The molecule has 0 radical (unpaired) electrons. The smallest absolute Gasteiger partial charge is 0.500 e. The molecule has 0 fully saturated rings. The fraction of sp³-hybridized carbons (Fsp3) is 0.107. The van der Waals surface area contributed by atoms with Gasteiger partial charge in [0, 0.05) is 18.0 Å². The zero-order valence-electron chi connectivity index (χ0n) is 35.1. The second-order valence-corrected chi connectivity index (χ2v) is 16.0. The van der Waals surface area contributed by atoms with E-state index in [0.717, 1.165) is 66.5 Å². The van der Waals surface area contributed by atoms with Gasteiger partial charge >= 0.3 is 20.1 Å². The van der Waals surface area contributed by atoms with Crippen LogP contribution >= 0.6 is 0 Å². The quantitative estimate of drug-likeness (QED) is 0.118. The van der Waals surface area contributed by atoms with Crippen LogP contribution in [-0.4, -0.2) is 4.98 Å². The molecule has 4 nitrogen and oxygen atoms in total. The van der Waals surface area contributed by atoms with Crippen molar-refractivity contribution in [2.24, 2.45) is 0 Å². The number of oxazole rings is 1. The molecule has 62 heavy (non-hydrogen) atoms. The van der Waals surface area contributed by atoms with Gasteiger partial charge < -0.3 is 13.4 Å². The Morgan fingerprint density at radius 1 is 0.613 bits per heavy atom. The van der Waals surface area contributed by atoms with Crippen LogP contribution in [0.2, 0.25) is 0 Å². The molecule has 306 valence electrons. The molecule has 10 rings (SSSR count). The van der Waals surface area contributed by atoms with Gasteiger partial charge in [0.25, 0.3) is 0 Å². The zero-order valence-corrected chi connectivity index (χ0v) is 37.5. The second-order valence-electron chi connectivity index (χ2n) is 16.0. The Kier molecular flexibility index (Phi) is 12.0. The molecule has 0 N–H and O–H groups in total. The number of halogens is 1. The minimum absolute atomic E-state index is 0. The van der Waals surface area contributed by atoms with Gasteiger partial charge in [-0.05, 0) is 68.5 Å². The predicted octanol–water partition coefficient (Wildman–Crippen LogP) is 15.0. The van der Waals surface area contributed by atoms with Crippen molar-refractivity contribution in [1.82, 2.24) is 4.98 Å². The van der Waals surface area contributed by atoms with E-state index in [0.29, 0.717) is 23.3 Å². The summed E-state index contributed by atoms with van der Waals surface area (Å²) in [5, 5.41) is 2.08. The summed E-state index contributed by atoms with van der Waals surface area (Å²) in [5.41, 5.74) is 16.0. The predicted molar refractivity (Wildman–Crippen MR) is 247 cm³/mol. The molecule has 0 atom stereocenters. The van der Waals surface area contributed by atoms with Gasteiger partial charge in [0.05, 0.1) is 28.8 Å². The fourth-order valence-electron chi connectivity index (χ4n) is 8.20. The number of aromatic nitrogens is 2. The van der Waals surface area contributed by atoms with Crippen LogP contribution < -0.4 is 4.57 Å². The van der Waals surface area contributed by atoms with E-state index in [2.05, 4.69) is 151 Å². The summed E-state index contributed by atoms with van der Waals surface area (Å²) in [7, 11) is 3.86. The maximum atomic E-state index is 12.9. The first-order chi connectivity index (χ1) is 29.6. The molecule has 0 amide bonds. The maximum absolute atomic E-state index is 12.9. The molecule has 0 unspecified atom stereocenters. The van der Waals surface area contributed by atoms with Gasteiger partial charge in [0.2, 0.25) is 0 Å². The van der Waals surface area contributed by atoms with Crippen LogP contribution in [0.5, 0.6) is 0 Å². The molecule has 3 heterocycles. The number of furan rings is 1. The van der Waals surface area contributed by atoms with E-state index in [-0.39, 0.29) is 25.9 Å². The summed E-state index contributed by atoms with van der Waals surface area (Å²) in [6.07, 6.45) is 1.85. The number of para-hydroxylation sites is 1. The zero-order chi connectivity index (χ0) is 42.2. The molecule has 0 saturated heterocycles. The van der Waals surface area contributed by atoms with Gasteiger partial charge in [-0.2, -0.15) is 12.5 Å². The van der Waals surface area contributed by atoms with Gasteiger partial charge in [-0.15, -0.1) is 35.9 Å². The van der Waals surface area contributed by atoms with Crippen LogP contribution in [0.4, 0.5) is 4.39 Å². The van der Waals surface area contributed by atoms with E-state index in [9.17, 15) is 4.39 Å². The van der Waals surface area contributed by atoms with Gasteiger partial charge in [0.1, 0.15) is 17.1 Å². The molecular weight excluding hydrogens is 944 g/mol. The molecule has 0 spiro atoms. The average Bonchev–Trinajstić information content (AvgIpc) is 3.89. The molecule has 0 aliphatic carbocycles. The second kappa shape index (κ2) is 17.7. The van der Waals surface area contributed by atoms with Gasteiger partial charge in [0.15, 0.2) is 0 Å². The number of fused-ring (bicyclic) bond motifs is 4. The number of nitrogens with zero attached hydrogens (tertiary/aromatic N) is 2. The van der Waals surface area contributed by atoms with Crippen molar-refractivity contribution in [1.29, 1.82) is 0 Å². The molecule has 6 heteroatoms. The summed E-state index contributed by atoms with van der Waals surface area (Å²) >= 11 is 0. The maximum Gasteiger partial charge on any atom is 3.00 e. The van der Waals surface area contributed by atoms with E-state index in [4.69, 9.17) is 13.8 Å². The summed E-state index contributed by atoms with van der Waals surface area (Å²) < 4.78 is 27.9. The van der Waals surface area contributed by atoms with Crippen LogP contribution in [-0.2, 0) is 20.1 Å². The van der Waals surface area contributed by atoms with Crippen molar-refractivity contribution >= 4 is 33.0 Å². The SMILES string of the molecule is CC(C)c1cc(-c2ccccc2)cc(C(C)C)c1-c1cccc2nc(-c3[c-]ccc4c3oc3cc(-c5ccccc5)ccc34)oc12.[CH2-]c1cc(F)ccc1-c1cccc[n+]1[CH2-].[Ir+3]. The van der Waals surface area contributed by atoms with Gasteiger partial charge in [-0.25, -0.2) is 4.39 Å². The molecule has 0 aliphatic heterocycles. The minimum Gasteiger partial charge on any atom is -0.500 e. The number of hydrogen-bond donors (Lipinski definition) is 0. The van der Waals surface area contributed by atoms with Gasteiger partial charge in [-0.1, -0.05) is 154 Å². The van der Waals surface area contributed by atoms with E-state index < -0.39 is 0 Å². The van der Waals surface area contributed by atoms with Gasteiger partial charge in [-0.3, -0.25) is 4.98 Å². The molecule has 0 aliphatic rings. The van der Waals surface area contributed by atoms with Crippen LogP contribution in [0.25, 0.3) is 89.1 Å². The monoisotopic (exact) mass is 989 g/mol. The average molecular weight is 989 g/mol. The number of rotatable bonds is 7. The molecule has 0 bridgehead atoms. The summed E-state index contributed by atoms with van der Waals surface area (Å²) in [4.78, 5) is 5.01. The first-order valence-corrected chi connectivity index (χ1v) is 20.6. The molecule has 3 aromatic heterocycles. The summed E-state index contributed by atoms with van der Waals surface area (Å²) in [6.45, 7) is 12.9. The van der Waals surface area contributed by atoms with Crippen molar-refractivity contribution in [2.75, 3.05) is 0 Å². The largest absolute Gasteiger partial charge is 3.00 e. The molecule has 7 aromatic carbocycles. The van der Waals surface area contributed by atoms with E-state index in [1.807, 2.05) is 42.6 Å². The standard InChI is InChI=1S/C43H34NO2.C13H11FN.Ir/c1-26(2)36-23-31(29-15-9-6-10-16-29)24-37(27(3)4)40(36)34-18-12-20-38-42(34)46-43(44-38)35-19-11-17-33-32-22-21-30(25-39(32)45-41(33)35)28-13-7-5-8-14-28;1-10-9-11(14)6-7-12(10)13-5-3-4-8-15(13)2;/h5-18,20-27H,1-4H3;3-9H,1-2H2;/q2*-1;+3. The van der Waals surface area contributed by atoms with Crippen molar-refractivity contribution in [3.63, 3.8) is 0 Å². The van der Waals surface area contributed by atoms with E-state index >= 15 is 0 Å². The van der Waals surface area contributed by atoms with E-state index in [1.54, 1.807) is 10.6 Å². The van der Waals surface area contributed by atoms with Crippen LogP contribution in [0.1, 0.15) is 56.2 Å². The summed E-state index contributed by atoms with van der Waals surface area (Å²) in [5.74, 6) is 0.864. The van der Waals surface area contributed by atoms with Crippen molar-refractivity contribution in [2.45, 2.75) is 39.5 Å². The molecule has 10 aromatic rings. The van der Waals surface area contributed by atoms with Crippen molar-refractivity contribution < 1.29 is 37.9 Å². The minimum atomic E-state index is -0.268. The number of hydrogen-bond acceptors (Lipinski definition) is 3. The molecule has 0 saturated carbocycles. The first-order valence-electron chi connectivity index (χ1n) is 20.6. The normalized spacial score (nSPS) is 11.3. The van der Waals surface area contributed by atoms with Crippen LogP contribution in [0.15, 0.2) is 173 Å². The van der Waals surface area contributed by atoms with Crippen LogP contribution in [0.3, 0.4) is 0 Å². The van der Waals surface area contributed by atoms with Crippen molar-refractivity contribution in [3.8, 4) is 56.1 Å². The Bertz CT molecular complexity index is 3160. The third-order valence-electron chi connectivity index (χ3n) is 11.3. The Balaban J connectivity index is 0.000000280. The topological polar surface area (TPSA) is 43.1 Å². The first kappa shape index (κ1) is 42.0. The van der Waals surface area contributed by atoms with Crippen molar-refractivity contribution in [3.05, 3.63) is 206 Å². The third-order valence-corrected chi connectivity index (χ3v) is 11.3.